The van der Waals surface area contributed by atoms with Gasteiger partial charge in [0.05, 0.1) is 6.04 Å². The van der Waals surface area contributed by atoms with Crippen molar-refractivity contribution in [1.29, 1.82) is 0 Å². The van der Waals surface area contributed by atoms with Gasteiger partial charge < -0.3 is 14.6 Å². The molecule has 0 spiro atoms. The van der Waals surface area contributed by atoms with E-state index in [-0.39, 0.29) is 18.6 Å². The average molecular weight is 428 g/mol. The first kappa shape index (κ1) is 23.4. The smallest absolute Gasteiger partial charge is 0.246 e. The molecule has 7 heteroatoms. The molecule has 1 aromatic heterocycles. The number of hydrogen-bond acceptors (Lipinski definition) is 5. The minimum Gasteiger partial charge on any atom is -0.375 e. The van der Waals surface area contributed by atoms with Gasteiger partial charge in [0, 0.05) is 39.7 Å². The van der Waals surface area contributed by atoms with E-state index in [4.69, 9.17) is 4.74 Å². The lowest BCUT2D eigenvalue weighted by Crippen LogP contribution is -2.34. The standard InChI is InChI=1S/C24H37N5O2/c1-17(2)14-21(25-23(30)16-31-5)24-27-26-22-10-11-28(12-13-29(22)24)15-19-6-8-20(9-7-19)18(3)4/h6-9,17-18,21H,10-16H2,1-5H3,(H,25,30)/t21-/m0/s1. The molecule has 2 heterocycles. The zero-order valence-corrected chi connectivity index (χ0v) is 19.6. The number of hydrogen-bond donors (Lipinski definition) is 1. The highest BCUT2D eigenvalue weighted by Crippen LogP contribution is 2.23. The normalized spacial score (nSPS) is 15.7. The van der Waals surface area contributed by atoms with Gasteiger partial charge in [0.1, 0.15) is 12.4 Å². The Morgan fingerprint density at radius 2 is 1.84 bits per heavy atom. The second-order valence-electron chi connectivity index (χ2n) is 9.23. The Kier molecular flexibility index (Phi) is 8.21. The fourth-order valence-electron chi connectivity index (χ4n) is 4.14. The number of nitrogens with zero attached hydrogens (tertiary/aromatic N) is 4. The molecule has 1 aliphatic rings. The minimum absolute atomic E-state index is 0.0545. The highest BCUT2D eigenvalue weighted by Gasteiger charge is 2.26. The Morgan fingerprint density at radius 3 is 2.48 bits per heavy atom. The second-order valence-corrected chi connectivity index (χ2v) is 9.23. The molecule has 3 rings (SSSR count). The third kappa shape index (κ3) is 6.37. The van der Waals surface area contributed by atoms with E-state index in [1.165, 1.54) is 18.2 Å². The summed E-state index contributed by atoms with van der Waals surface area (Å²) in [4.78, 5) is 14.7. The van der Waals surface area contributed by atoms with Gasteiger partial charge in [-0.2, -0.15) is 0 Å². The maximum absolute atomic E-state index is 12.2. The number of benzene rings is 1. The Morgan fingerprint density at radius 1 is 1.10 bits per heavy atom. The van der Waals surface area contributed by atoms with Gasteiger partial charge in [0.25, 0.3) is 0 Å². The van der Waals surface area contributed by atoms with E-state index in [0.717, 1.165) is 50.7 Å². The van der Waals surface area contributed by atoms with Crippen LogP contribution < -0.4 is 5.32 Å². The molecular formula is C24H37N5O2. The van der Waals surface area contributed by atoms with Gasteiger partial charge >= 0.3 is 0 Å². The summed E-state index contributed by atoms with van der Waals surface area (Å²) in [6.45, 7) is 12.5. The summed E-state index contributed by atoms with van der Waals surface area (Å²) in [5.41, 5.74) is 2.72. The van der Waals surface area contributed by atoms with E-state index in [9.17, 15) is 4.79 Å². The predicted molar refractivity (Wildman–Crippen MR) is 122 cm³/mol. The lowest BCUT2D eigenvalue weighted by molar-refractivity contribution is -0.125. The van der Waals surface area contributed by atoms with Crippen LogP contribution in [0.25, 0.3) is 0 Å². The van der Waals surface area contributed by atoms with Crippen LogP contribution >= 0.6 is 0 Å². The Balaban J connectivity index is 1.69. The van der Waals surface area contributed by atoms with Crippen LogP contribution in [0, 0.1) is 5.92 Å². The Hall–Kier alpha value is -2.25. The number of carbonyl (C=O) groups is 1. The summed E-state index contributed by atoms with van der Waals surface area (Å²) in [6.07, 6.45) is 1.68. The van der Waals surface area contributed by atoms with Gasteiger partial charge in [-0.05, 0) is 29.4 Å². The van der Waals surface area contributed by atoms with Crippen LogP contribution in [0.1, 0.15) is 68.9 Å². The van der Waals surface area contributed by atoms with Gasteiger partial charge in [0.2, 0.25) is 5.91 Å². The first-order valence-electron chi connectivity index (χ1n) is 11.4. The van der Waals surface area contributed by atoms with Crippen molar-refractivity contribution in [3.8, 4) is 0 Å². The van der Waals surface area contributed by atoms with Crippen molar-refractivity contribution in [2.45, 2.75) is 65.6 Å². The fourth-order valence-corrected chi connectivity index (χ4v) is 4.14. The van der Waals surface area contributed by atoms with Crippen molar-refractivity contribution in [2.24, 2.45) is 5.92 Å². The summed E-state index contributed by atoms with van der Waals surface area (Å²) in [5, 5.41) is 12.0. The SMILES string of the molecule is COCC(=O)N[C@@H](CC(C)C)c1nnc2n1CCN(Cc1ccc(C(C)C)cc1)CC2. The van der Waals surface area contributed by atoms with E-state index in [0.29, 0.717) is 11.8 Å². The van der Waals surface area contributed by atoms with Crippen LogP contribution in [0.15, 0.2) is 24.3 Å². The molecule has 0 unspecified atom stereocenters. The Labute approximate surface area is 186 Å². The van der Waals surface area contributed by atoms with Crippen molar-refractivity contribution in [2.75, 3.05) is 26.8 Å². The summed E-state index contributed by atoms with van der Waals surface area (Å²) >= 11 is 0. The molecule has 1 aromatic carbocycles. The number of ether oxygens (including phenoxy) is 1. The van der Waals surface area contributed by atoms with E-state index in [1.807, 2.05) is 0 Å². The summed E-state index contributed by atoms with van der Waals surface area (Å²) in [7, 11) is 1.53. The number of aromatic nitrogens is 3. The largest absolute Gasteiger partial charge is 0.375 e. The van der Waals surface area contributed by atoms with Crippen LogP contribution in [0.2, 0.25) is 0 Å². The molecule has 1 aliphatic heterocycles. The van der Waals surface area contributed by atoms with Crippen LogP contribution in [0.4, 0.5) is 0 Å². The summed E-state index contributed by atoms with van der Waals surface area (Å²) in [5.74, 6) is 2.72. The van der Waals surface area contributed by atoms with E-state index in [2.05, 4.69) is 76.9 Å². The summed E-state index contributed by atoms with van der Waals surface area (Å²) < 4.78 is 7.20. The van der Waals surface area contributed by atoms with Gasteiger partial charge in [-0.1, -0.05) is 52.0 Å². The highest BCUT2D eigenvalue weighted by molar-refractivity contribution is 5.77. The number of amides is 1. The maximum atomic E-state index is 12.2. The number of methoxy groups -OCH3 is 1. The molecule has 0 aliphatic carbocycles. The van der Waals surface area contributed by atoms with Gasteiger partial charge in [-0.15, -0.1) is 10.2 Å². The third-order valence-corrected chi connectivity index (χ3v) is 5.83. The number of nitrogens with one attached hydrogen (secondary N) is 1. The van der Waals surface area contributed by atoms with Crippen LogP contribution in [-0.4, -0.2) is 52.4 Å². The molecular weight excluding hydrogens is 390 g/mol. The fraction of sp³-hybridized carbons (Fsp3) is 0.625. The first-order valence-corrected chi connectivity index (χ1v) is 11.4. The molecule has 1 amide bonds. The molecule has 0 radical (unpaired) electrons. The van der Waals surface area contributed by atoms with Crippen LogP contribution in [0.3, 0.4) is 0 Å². The molecule has 170 valence electrons. The second kappa shape index (κ2) is 10.9. The van der Waals surface area contributed by atoms with E-state index < -0.39 is 0 Å². The van der Waals surface area contributed by atoms with E-state index in [1.54, 1.807) is 0 Å². The van der Waals surface area contributed by atoms with Crippen molar-refractivity contribution >= 4 is 5.91 Å². The molecule has 7 nitrogen and oxygen atoms in total. The van der Waals surface area contributed by atoms with E-state index >= 15 is 0 Å². The lowest BCUT2D eigenvalue weighted by atomic mass is 10.0. The molecule has 1 atom stereocenters. The van der Waals surface area contributed by atoms with Crippen molar-refractivity contribution < 1.29 is 9.53 Å². The Bertz CT molecular complexity index is 844. The lowest BCUT2D eigenvalue weighted by Gasteiger charge is -2.22. The topological polar surface area (TPSA) is 72.3 Å². The molecule has 0 saturated heterocycles. The third-order valence-electron chi connectivity index (χ3n) is 5.83. The van der Waals surface area contributed by atoms with Crippen molar-refractivity contribution in [3.63, 3.8) is 0 Å². The predicted octanol–water partition coefficient (Wildman–Crippen LogP) is 3.31. The first-order chi connectivity index (χ1) is 14.9. The van der Waals surface area contributed by atoms with Gasteiger partial charge in [0.15, 0.2) is 5.82 Å². The van der Waals surface area contributed by atoms with Crippen LogP contribution in [-0.2, 0) is 29.0 Å². The maximum Gasteiger partial charge on any atom is 0.246 e. The highest BCUT2D eigenvalue weighted by atomic mass is 16.5. The molecule has 31 heavy (non-hydrogen) atoms. The molecule has 0 bridgehead atoms. The van der Waals surface area contributed by atoms with Crippen molar-refractivity contribution in [3.05, 3.63) is 47.0 Å². The summed E-state index contributed by atoms with van der Waals surface area (Å²) in [6, 6.07) is 8.82. The molecule has 1 N–H and O–H groups in total. The number of carbonyl (C=O) groups excluding carboxylic acids is 1. The molecule has 0 saturated carbocycles. The monoisotopic (exact) mass is 427 g/mol. The van der Waals surface area contributed by atoms with Crippen molar-refractivity contribution in [1.82, 2.24) is 25.0 Å². The average Bonchev–Trinajstić information content (AvgIpc) is 3.02. The zero-order chi connectivity index (χ0) is 22.4. The molecule has 0 fully saturated rings. The number of fused-ring (bicyclic) bond motifs is 1. The van der Waals surface area contributed by atoms with Gasteiger partial charge in [-0.3, -0.25) is 9.69 Å². The number of rotatable bonds is 9. The van der Waals surface area contributed by atoms with Crippen LogP contribution in [0.5, 0.6) is 0 Å². The quantitative estimate of drug-likeness (QED) is 0.665. The minimum atomic E-state index is -0.154. The molecule has 2 aromatic rings. The zero-order valence-electron chi connectivity index (χ0n) is 19.6. The van der Waals surface area contributed by atoms with Gasteiger partial charge in [-0.25, -0.2) is 0 Å².